The summed E-state index contributed by atoms with van der Waals surface area (Å²) in [5, 5.41) is 5.80. The van der Waals surface area contributed by atoms with Crippen molar-refractivity contribution < 1.29 is 4.79 Å². The normalized spacial score (nSPS) is 24.3. The van der Waals surface area contributed by atoms with Crippen LogP contribution in [0, 0.1) is 0 Å². The number of hydrogen-bond acceptors (Lipinski definition) is 4. The number of thioether (sulfide) groups is 1. The van der Waals surface area contributed by atoms with Crippen LogP contribution in [0.15, 0.2) is 17.5 Å². The Balaban J connectivity index is 1.74. The van der Waals surface area contributed by atoms with Crippen LogP contribution in [0.5, 0.6) is 0 Å². The van der Waals surface area contributed by atoms with Crippen molar-refractivity contribution in [2.75, 3.05) is 18.6 Å². The van der Waals surface area contributed by atoms with Crippen molar-refractivity contribution in [3.8, 4) is 0 Å². The van der Waals surface area contributed by atoms with Gasteiger partial charge in [0.15, 0.2) is 0 Å². The molecule has 1 aliphatic carbocycles. The highest BCUT2D eigenvalue weighted by atomic mass is 32.2. The second-order valence-corrected chi connectivity index (χ2v) is 8.01. The van der Waals surface area contributed by atoms with Crippen molar-refractivity contribution in [1.29, 1.82) is 0 Å². The van der Waals surface area contributed by atoms with E-state index in [0.29, 0.717) is 5.91 Å². The fourth-order valence-electron chi connectivity index (χ4n) is 3.56. The quantitative estimate of drug-likeness (QED) is 0.811. The molecular weight excluding hydrogens is 300 g/mol. The highest BCUT2D eigenvalue weighted by molar-refractivity contribution is 7.98. The smallest absolute Gasteiger partial charge is 0.244 e. The molecule has 1 saturated carbocycles. The zero-order valence-corrected chi connectivity index (χ0v) is 14.3. The summed E-state index contributed by atoms with van der Waals surface area (Å²) in [5.74, 6) is 1.53. The van der Waals surface area contributed by atoms with E-state index >= 15 is 0 Å². The maximum Gasteiger partial charge on any atom is 0.244 e. The number of carbonyl (C=O) groups is 1. The van der Waals surface area contributed by atoms with Crippen molar-refractivity contribution in [2.24, 2.45) is 0 Å². The minimum absolute atomic E-state index is 0.102. The number of rotatable bonds is 6. The third-order valence-corrected chi connectivity index (χ3v) is 6.28. The molecule has 2 fully saturated rings. The molecule has 1 aromatic heterocycles. The number of thiophene rings is 1. The summed E-state index contributed by atoms with van der Waals surface area (Å²) in [6.45, 7) is 0.886. The molecule has 1 saturated heterocycles. The summed E-state index contributed by atoms with van der Waals surface area (Å²) in [5.41, 5.74) is -0.256. The van der Waals surface area contributed by atoms with E-state index in [1.165, 1.54) is 29.9 Å². The molecule has 116 valence electrons. The van der Waals surface area contributed by atoms with Gasteiger partial charge in [0.25, 0.3) is 0 Å². The van der Waals surface area contributed by atoms with Gasteiger partial charge in [-0.05, 0) is 49.1 Å². The lowest BCUT2D eigenvalue weighted by molar-refractivity contribution is -0.133. The van der Waals surface area contributed by atoms with Gasteiger partial charge >= 0.3 is 0 Å². The molecule has 3 nitrogen and oxygen atoms in total. The van der Waals surface area contributed by atoms with E-state index in [9.17, 15) is 4.79 Å². The SMILES string of the molecule is CSCCCCN1C(=O)C2(CCCC2)NC1c1cccs1. The predicted octanol–water partition coefficient (Wildman–Crippen LogP) is 3.63. The lowest BCUT2D eigenvalue weighted by Crippen LogP contribution is -2.44. The topological polar surface area (TPSA) is 32.3 Å². The monoisotopic (exact) mass is 324 g/mol. The molecule has 5 heteroatoms. The molecule has 1 amide bonds. The Morgan fingerprint density at radius 3 is 2.90 bits per heavy atom. The minimum Gasteiger partial charge on any atom is -0.320 e. The Kier molecular flexibility index (Phi) is 4.92. The van der Waals surface area contributed by atoms with Crippen molar-refractivity contribution >= 4 is 29.0 Å². The third-order valence-electron chi connectivity index (χ3n) is 4.66. The molecule has 1 aliphatic heterocycles. The number of hydrogen-bond donors (Lipinski definition) is 1. The van der Waals surface area contributed by atoms with Crippen LogP contribution >= 0.6 is 23.1 Å². The predicted molar refractivity (Wildman–Crippen MR) is 90.7 cm³/mol. The van der Waals surface area contributed by atoms with Gasteiger partial charge in [0.2, 0.25) is 5.91 Å². The van der Waals surface area contributed by atoms with Gasteiger partial charge in [-0.2, -0.15) is 11.8 Å². The summed E-state index contributed by atoms with van der Waals surface area (Å²) >= 11 is 3.64. The van der Waals surface area contributed by atoms with Gasteiger partial charge in [0.05, 0.1) is 5.54 Å². The lowest BCUT2D eigenvalue weighted by atomic mass is 9.98. The van der Waals surface area contributed by atoms with Gasteiger partial charge in [0.1, 0.15) is 6.17 Å². The fraction of sp³-hybridized carbons (Fsp3) is 0.688. The van der Waals surface area contributed by atoms with E-state index < -0.39 is 0 Å². The molecule has 3 rings (SSSR count). The van der Waals surface area contributed by atoms with Gasteiger partial charge in [0, 0.05) is 11.4 Å². The van der Waals surface area contributed by atoms with Crippen molar-refractivity contribution in [1.82, 2.24) is 10.2 Å². The van der Waals surface area contributed by atoms with Gasteiger partial charge in [-0.3, -0.25) is 10.1 Å². The largest absolute Gasteiger partial charge is 0.320 e. The number of carbonyl (C=O) groups excluding carboxylic acids is 1. The average molecular weight is 325 g/mol. The van der Waals surface area contributed by atoms with E-state index in [-0.39, 0.29) is 11.7 Å². The van der Waals surface area contributed by atoms with Crippen LogP contribution in [-0.2, 0) is 4.79 Å². The standard InChI is InChI=1S/C16H24N2OS2/c1-20-11-5-4-10-18-14(13-7-6-12-21-13)17-16(15(18)19)8-2-3-9-16/h6-7,12,14,17H,2-5,8-11H2,1H3. The minimum atomic E-state index is -0.256. The maximum atomic E-state index is 13.0. The number of nitrogens with one attached hydrogen (secondary N) is 1. The molecule has 0 radical (unpaired) electrons. The summed E-state index contributed by atoms with van der Waals surface area (Å²) in [6.07, 6.45) is 8.91. The molecule has 1 N–H and O–H groups in total. The van der Waals surface area contributed by atoms with Crippen LogP contribution < -0.4 is 5.32 Å². The second kappa shape index (κ2) is 6.71. The van der Waals surface area contributed by atoms with E-state index in [0.717, 1.165) is 25.8 Å². The first kappa shape index (κ1) is 15.4. The van der Waals surface area contributed by atoms with Gasteiger partial charge < -0.3 is 4.90 Å². The molecule has 1 aromatic rings. The molecule has 2 aliphatic rings. The zero-order chi connectivity index (χ0) is 14.7. The van der Waals surface area contributed by atoms with Crippen LogP contribution in [0.25, 0.3) is 0 Å². The second-order valence-electron chi connectivity index (χ2n) is 6.05. The molecule has 21 heavy (non-hydrogen) atoms. The third kappa shape index (κ3) is 3.01. The summed E-state index contributed by atoms with van der Waals surface area (Å²) < 4.78 is 0. The van der Waals surface area contributed by atoms with Crippen LogP contribution in [0.4, 0.5) is 0 Å². The zero-order valence-electron chi connectivity index (χ0n) is 12.6. The van der Waals surface area contributed by atoms with Crippen molar-refractivity contribution in [2.45, 2.75) is 50.2 Å². The average Bonchev–Trinajstić information content (AvgIpc) is 3.21. The number of nitrogens with zero attached hydrogens (tertiary/aromatic N) is 1. The Morgan fingerprint density at radius 2 is 2.24 bits per heavy atom. The van der Waals surface area contributed by atoms with E-state index in [2.05, 4.69) is 34.0 Å². The molecule has 1 atom stereocenters. The Hall–Kier alpha value is -0.520. The van der Waals surface area contributed by atoms with E-state index in [1.807, 2.05) is 11.8 Å². The van der Waals surface area contributed by atoms with E-state index in [4.69, 9.17) is 0 Å². The summed E-state index contributed by atoms with van der Waals surface area (Å²) in [6, 6.07) is 4.23. The van der Waals surface area contributed by atoms with Gasteiger partial charge in [-0.1, -0.05) is 18.9 Å². The molecule has 0 aromatic carbocycles. The maximum absolute atomic E-state index is 13.0. The highest BCUT2D eigenvalue weighted by Crippen LogP contribution is 2.41. The Bertz CT molecular complexity index is 469. The number of unbranched alkanes of at least 4 members (excludes halogenated alkanes) is 1. The van der Waals surface area contributed by atoms with Crippen LogP contribution in [0.1, 0.15) is 49.6 Å². The molecule has 1 spiro atoms. The molecule has 0 bridgehead atoms. The first-order valence-electron chi connectivity index (χ1n) is 7.88. The Morgan fingerprint density at radius 1 is 1.43 bits per heavy atom. The first-order chi connectivity index (χ1) is 10.3. The fourth-order valence-corrected chi connectivity index (χ4v) is 4.84. The van der Waals surface area contributed by atoms with E-state index in [1.54, 1.807) is 11.3 Å². The van der Waals surface area contributed by atoms with Crippen molar-refractivity contribution in [3.05, 3.63) is 22.4 Å². The summed E-state index contributed by atoms with van der Waals surface area (Å²) in [4.78, 5) is 16.3. The van der Waals surface area contributed by atoms with Crippen LogP contribution in [0.3, 0.4) is 0 Å². The Labute approximate surface area is 135 Å². The highest BCUT2D eigenvalue weighted by Gasteiger charge is 2.52. The van der Waals surface area contributed by atoms with Crippen molar-refractivity contribution in [3.63, 3.8) is 0 Å². The van der Waals surface area contributed by atoms with Crippen LogP contribution in [-0.4, -0.2) is 34.9 Å². The van der Waals surface area contributed by atoms with Crippen LogP contribution in [0.2, 0.25) is 0 Å². The molecule has 1 unspecified atom stereocenters. The van der Waals surface area contributed by atoms with Gasteiger partial charge in [-0.25, -0.2) is 0 Å². The first-order valence-corrected chi connectivity index (χ1v) is 10.2. The number of amides is 1. The molecular formula is C16H24N2OS2. The summed E-state index contributed by atoms with van der Waals surface area (Å²) in [7, 11) is 0. The lowest BCUT2D eigenvalue weighted by Gasteiger charge is -2.23. The molecule has 2 heterocycles. The van der Waals surface area contributed by atoms with Gasteiger partial charge in [-0.15, -0.1) is 11.3 Å².